The standard InChI is InChI=1S/C10H13N5O.Rb/c1-5(2)9-13-12-8-3-7-6(4-15(8)9)10(16)14-11-7;/h5-6H,3-4H2,1-2H3,(H,14,16);/q;+1/p-1. The van der Waals surface area contributed by atoms with Crippen LogP contribution in [-0.4, -0.2) is 26.4 Å². The predicted molar refractivity (Wildman–Crippen MR) is 57.1 cm³/mol. The minimum atomic E-state index is -0.180. The van der Waals surface area contributed by atoms with E-state index in [2.05, 4.69) is 34.6 Å². The molecule has 3 heterocycles. The maximum absolute atomic E-state index is 11.5. The SMILES string of the molecule is CC(C)c1nnc2n1CC1C(=O)[N-]N=C1C2.[Rb+]. The molecule has 0 bridgehead atoms. The van der Waals surface area contributed by atoms with E-state index in [1.54, 1.807) is 0 Å². The first kappa shape index (κ1) is 13.5. The Kier molecular flexibility index (Phi) is 3.97. The fraction of sp³-hybridized carbons (Fsp3) is 0.600. The van der Waals surface area contributed by atoms with Gasteiger partial charge < -0.3 is 19.9 Å². The van der Waals surface area contributed by atoms with Crippen molar-refractivity contribution in [1.29, 1.82) is 0 Å². The maximum Gasteiger partial charge on any atom is 1.00 e. The van der Waals surface area contributed by atoms with E-state index in [4.69, 9.17) is 0 Å². The number of carbonyl (C=O) groups excluding carboxylic acids is 1. The van der Waals surface area contributed by atoms with E-state index >= 15 is 0 Å². The summed E-state index contributed by atoms with van der Waals surface area (Å²) in [5.74, 6) is 1.83. The van der Waals surface area contributed by atoms with Crippen molar-refractivity contribution in [1.82, 2.24) is 14.8 Å². The van der Waals surface area contributed by atoms with Gasteiger partial charge in [0.1, 0.15) is 11.6 Å². The molecule has 0 N–H and O–H groups in total. The van der Waals surface area contributed by atoms with Gasteiger partial charge in [-0.05, 0) is 0 Å². The average Bonchev–Trinajstić information content (AvgIpc) is 2.80. The van der Waals surface area contributed by atoms with Crippen LogP contribution in [0.5, 0.6) is 0 Å². The molecule has 0 spiro atoms. The van der Waals surface area contributed by atoms with Crippen LogP contribution in [0, 0.1) is 5.92 Å². The fourth-order valence-corrected chi connectivity index (χ4v) is 2.19. The first-order chi connectivity index (χ1) is 7.66. The molecule has 0 fully saturated rings. The molecule has 2 aliphatic heterocycles. The van der Waals surface area contributed by atoms with Gasteiger partial charge in [0.15, 0.2) is 0 Å². The number of carbonyl (C=O) groups is 1. The zero-order valence-electron chi connectivity index (χ0n) is 10.2. The quantitative estimate of drug-likeness (QED) is 0.593. The summed E-state index contributed by atoms with van der Waals surface area (Å²) in [5.41, 5.74) is 4.44. The molecule has 6 nitrogen and oxygen atoms in total. The van der Waals surface area contributed by atoms with Gasteiger partial charge in [-0.25, -0.2) is 0 Å². The molecule has 0 radical (unpaired) electrons. The molecule has 17 heavy (non-hydrogen) atoms. The minimum absolute atomic E-state index is 0. The summed E-state index contributed by atoms with van der Waals surface area (Å²) < 4.78 is 2.03. The van der Waals surface area contributed by atoms with Gasteiger partial charge in [0, 0.05) is 24.6 Å². The molecule has 1 atom stereocenters. The van der Waals surface area contributed by atoms with E-state index in [1.807, 2.05) is 4.57 Å². The molecule has 3 rings (SSSR count). The van der Waals surface area contributed by atoms with E-state index < -0.39 is 0 Å². The van der Waals surface area contributed by atoms with E-state index in [9.17, 15) is 4.79 Å². The van der Waals surface area contributed by atoms with Gasteiger partial charge in [-0.15, -0.1) is 10.2 Å². The van der Waals surface area contributed by atoms with Crippen molar-refractivity contribution in [3.05, 3.63) is 17.1 Å². The minimum Gasteiger partial charge on any atom is -0.544 e. The smallest absolute Gasteiger partial charge is 0.544 e. The van der Waals surface area contributed by atoms with Crippen molar-refractivity contribution < 1.29 is 63.0 Å². The second kappa shape index (κ2) is 4.99. The second-order valence-corrected chi connectivity index (χ2v) is 4.50. The normalized spacial score (nSPS) is 21.5. The zero-order valence-corrected chi connectivity index (χ0v) is 15.1. The molecule has 1 amide bonds. The van der Waals surface area contributed by atoms with E-state index in [1.165, 1.54) is 0 Å². The monoisotopic (exact) mass is 303 g/mol. The van der Waals surface area contributed by atoms with Crippen molar-refractivity contribution in [3.63, 3.8) is 0 Å². The molecule has 1 aromatic rings. The van der Waals surface area contributed by atoms with Crippen LogP contribution in [0.15, 0.2) is 5.10 Å². The van der Waals surface area contributed by atoms with Crippen molar-refractivity contribution in [2.75, 3.05) is 0 Å². The van der Waals surface area contributed by atoms with Gasteiger partial charge in [-0.2, -0.15) is 0 Å². The largest absolute Gasteiger partial charge is 1.00 e. The number of aromatic nitrogens is 3. The summed E-state index contributed by atoms with van der Waals surface area (Å²) in [6.45, 7) is 4.74. The summed E-state index contributed by atoms with van der Waals surface area (Å²) >= 11 is 0. The molecule has 0 saturated carbocycles. The third kappa shape index (κ3) is 2.20. The number of amides is 1. The number of hydrogen-bond donors (Lipinski definition) is 0. The summed E-state index contributed by atoms with van der Waals surface area (Å²) in [6, 6.07) is 0. The van der Waals surface area contributed by atoms with Crippen molar-refractivity contribution >= 4 is 11.6 Å². The topological polar surface area (TPSA) is 74.2 Å². The number of rotatable bonds is 1. The molecule has 1 unspecified atom stereocenters. The van der Waals surface area contributed by atoms with E-state index in [0.717, 1.165) is 17.4 Å². The van der Waals surface area contributed by atoms with Gasteiger partial charge in [0.2, 0.25) is 0 Å². The molecular weight excluding hydrogens is 292 g/mol. The van der Waals surface area contributed by atoms with Gasteiger partial charge in [-0.1, -0.05) is 13.8 Å². The van der Waals surface area contributed by atoms with Crippen LogP contribution < -0.4 is 58.2 Å². The maximum atomic E-state index is 11.5. The third-order valence-corrected chi connectivity index (χ3v) is 3.05. The van der Waals surface area contributed by atoms with Crippen LogP contribution in [0.3, 0.4) is 0 Å². The molecule has 7 heteroatoms. The fourth-order valence-electron chi connectivity index (χ4n) is 2.19. The van der Waals surface area contributed by atoms with Gasteiger partial charge >= 0.3 is 58.2 Å². The Hall–Kier alpha value is 0.0852. The molecule has 0 saturated heterocycles. The number of nitrogens with zero attached hydrogens (tertiary/aromatic N) is 5. The molecule has 2 aliphatic rings. The molecular formula is C10H12N5ORb. The molecule has 1 aromatic heterocycles. The number of hydrogen-bond acceptors (Lipinski definition) is 4. The van der Waals surface area contributed by atoms with Gasteiger partial charge in [-0.3, -0.25) is 0 Å². The van der Waals surface area contributed by atoms with Crippen molar-refractivity contribution in [2.24, 2.45) is 11.0 Å². The Morgan fingerprint density at radius 3 is 2.88 bits per heavy atom. The van der Waals surface area contributed by atoms with E-state index in [-0.39, 0.29) is 70.0 Å². The second-order valence-electron chi connectivity index (χ2n) is 4.50. The summed E-state index contributed by atoms with van der Waals surface area (Å²) in [7, 11) is 0. The first-order valence-corrected chi connectivity index (χ1v) is 5.40. The Balaban J connectivity index is 0.00000108. The Bertz CT molecular complexity index is 493. The van der Waals surface area contributed by atoms with Crippen LogP contribution >= 0.6 is 0 Å². The van der Waals surface area contributed by atoms with Crippen molar-refractivity contribution in [3.8, 4) is 0 Å². The van der Waals surface area contributed by atoms with Gasteiger partial charge in [0.05, 0.1) is 11.8 Å². The van der Waals surface area contributed by atoms with Crippen molar-refractivity contribution in [2.45, 2.75) is 32.7 Å². The van der Waals surface area contributed by atoms with Crippen LogP contribution in [0.1, 0.15) is 31.4 Å². The van der Waals surface area contributed by atoms with Crippen LogP contribution in [0.4, 0.5) is 0 Å². The molecule has 0 aromatic carbocycles. The van der Waals surface area contributed by atoms with Crippen LogP contribution in [-0.2, 0) is 17.8 Å². The Morgan fingerprint density at radius 1 is 1.41 bits per heavy atom. The van der Waals surface area contributed by atoms with E-state index in [0.29, 0.717) is 18.9 Å². The average molecular weight is 304 g/mol. The molecule has 0 aliphatic carbocycles. The predicted octanol–water partition coefficient (Wildman–Crippen LogP) is -2.15. The first-order valence-electron chi connectivity index (χ1n) is 5.40. The number of fused-ring (bicyclic) bond motifs is 2. The zero-order chi connectivity index (χ0) is 11.3. The summed E-state index contributed by atoms with van der Waals surface area (Å²) in [6.07, 6.45) is 0.597. The molecule has 84 valence electrons. The Morgan fingerprint density at radius 2 is 2.18 bits per heavy atom. The summed E-state index contributed by atoms with van der Waals surface area (Å²) in [5, 5.41) is 12.2. The third-order valence-electron chi connectivity index (χ3n) is 3.05. The van der Waals surface area contributed by atoms with Crippen LogP contribution in [0.25, 0.3) is 5.43 Å². The Labute approximate surface area is 148 Å². The summed E-state index contributed by atoms with van der Waals surface area (Å²) in [4.78, 5) is 11.5. The van der Waals surface area contributed by atoms with Gasteiger partial charge in [0.25, 0.3) is 0 Å². The van der Waals surface area contributed by atoms with Crippen LogP contribution in [0.2, 0.25) is 0 Å².